The van der Waals surface area contributed by atoms with Gasteiger partial charge in [0.2, 0.25) is 0 Å². The van der Waals surface area contributed by atoms with Gasteiger partial charge in [-0.3, -0.25) is 14.4 Å². The molecule has 1 aromatic carbocycles. The molecule has 0 radical (unpaired) electrons. The molecule has 134 valence electrons. The number of thiophene rings is 1. The van der Waals surface area contributed by atoms with Crippen molar-refractivity contribution in [2.24, 2.45) is 5.73 Å². The van der Waals surface area contributed by atoms with Crippen molar-refractivity contribution < 1.29 is 19.4 Å². The summed E-state index contributed by atoms with van der Waals surface area (Å²) in [5.41, 5.74) is 5.69. The number of pyridine rings is 1. The molecule has 1 amide bonds. The zero-order valence-electron chi connectivity index (χ0n) is 13.6. The van der Waals surface area contributed by atoms with Crippen LogP contribution in [0.4, 0.5) is 0 Å². The molecule has 4 N–H and O–H groups in total. The summed E-state index contributed by atoms with van der Waals surface area (Å²) in [7, 11) is 1.54. The van der Waals surface area contributed by atoms with Gasteiger partial charge in [0.25, 0.3) is 11.5 Å². The van der Waals surface area contributed by atoms with Crippen LogP contribution in [-0.4, -0.2) is 34.6 Å². The van der Waals surface area contributed by atoms with Gasteiger partial charge in [-0.15, -0.1) is 23.1 Å². The Morgan fingerprint density at radius 3 is 2.62 bits per heavy atom. The SMILES string of the molecule is COc1ccc(C(=O)CSc2sc3c(O)cc(=O)[nH]c3c2C(N)=O)cc1. The van der Waals surface area contributed by atoms with Crippen molar-refractivity contribution in [3.8, 4) is 11.5 Å². The van der Waals surface area contributed by atoms with Crippen molar-refractivity contribution in [2.45, 2.75) is 4.21 Å². The van der Waals surface area contributed by atoms with E-state index in [1.54, 1.807) is 31.4 Å². The Morgan fingerprint density at radius 2 is 2.00 bits per heavy atom. The van der Waals surface area contributed by atoms with Crippen molar-refractivity contribution in [3.63, 3.8) is 0 Å². The topological polar surface area (TPSA) is 122 Å². The quantitative estimate of drug-likeness (QED) is 0.439. The molecule has 0 fully saturated rings. The Kier molecular flexibility index (Phi) is 5.01. The fourth-order valence-electron chi connectivity index (χ4n) is 2.38. The molecular formula is C17H14N2O5S2. The number of carbonyl (C=O) groups is 2. The first-order valence-corrected chi connectivity index (χ1v) is 9.19. The van der Waals surface area contributed by atoms with Crippen LogP contribution in [0.15, 0.2) is 39.3 Å². The number of benzene rings is 1. The van der Waals surface area contributed by atoms with Crippen molar-refractivity contribution in [1.29, 1.82) is 0 Å². The van der Waals surface area contributed by atoms with Crippen LogP contribution in [0.1, 0.15) is 20.7 Å². The molecule has 0 saturated heterocycles. The Labute approximate surface area is 155 Å². The standard InChI is InChI=1S/C17H14N2O5S2/c1-24-9-4-2-8(3-5-9)11(21)7-25-17-13(16(18)23)14-15(26-17)10(20)6-12(22)19-14/h2-6H,7H2,1H3,(H2,18,23)(H2,19,20,22). The Morgan fingerprint density at radius 1 is 1.31 bits per heavy atom. The van der Waals surface area contributed by atoms with Gasteiger partial charge < -0.3 is 20.6 Å². The smallest absolute Gasteiger partial charge is 0.252 e. The molecule has 2 heterocycles. The molecule has 0 atom stereocenters. The van der Waals surface area contributed by atoms with E-state index in [-0.39, 0.29) is 28.4 Å². The number of H-pyrrole nitrogens is 1. The highest BCUT2D eigenvalue weighted by Crippen LogP contribution is 2.40. The van der Waals surface area contributed by atoms with E-state index in [2.05, 4.69) is 4.98 Å². The van der Waals surface area contributed by atoms with E-state index in [9.17, 15) is 19.5 Å². The average Bonchev–Trinajstić information content (AvgIpc) is 2.98. The molecule has 26 heavy (non-hydrogen) atoms. The second-order valence-electron chi connectivity index (χ2n) is 5.29. The van der Waals surface area contributed by atoms with E-state index >= 15 is 0 Å². The summed E-state index contributed by atoms with van der Waals surface area (Å²) < 4.78 is 5.87. The fraction of sp³-hybridized carbons (Fsp3) is 0.118. The number of aromatic nitrogens is 1. The number of thioether (sulfide) groups is 1. The molecule has 3 rings (SSSR count). The van der Waals surface area contributed by atoms with Crippen LogP contribution in [0.2, 0.25) is 0 Å². The molecule has 9 heteroatoms. The lowest BCUT2D eigenvalue weighted by Gasteiger charge is -2.03. The third-order valence-corrected chi connectivity index (χ3v) is 6.10. The number of carbonyl (C=O) groups excluding carboxylic acids is 2. The van der Waals surface area contributed by atoms with Crippen molar-refractivity contribution in [2.75, 3.05) is 12.9 Å². The number of fused-ring (bicyclic) bond motifs is 1. The van der Waals surface area contributed by atoms with Gasteiger partial charge in [0, 0.05) is 11.6 Å². The van der Waals surface area contributed by atoms with Crippen LogP contribution in [-0.2, 0) is 0 Å². The maximum Gasteiger partial charge on any atom is 0.252 e. The second kappa shape index (κ2) is 7.22. The zero-order valence-corrected chi connectivity index (χ0v) is 15.2. The van der Waals surface area contributed by atoms with Gasteiger partial charge in [0.15, 0.2) is 5.78 Å². The number of rotatable bonds is 6. The molecule has 0 bridgehead atoms. The van der Waals surface area contributed by atoms with Crippen LogP contribution in [0.25, 0.3) is 10.2 Å². The second-order valence-corrected chi connectivity index (χ2v) is 7.56. The van der Waals surface area contributed by atoms with Crippen molar-refractivity contribution >= 4 is 45.0 Å². The number of Topliss-reactive ketones (excluding diaryl/α,β-unsaturated/α-hetero) is 1. The van der Waals surface area contributed by atoms with Gasteiger partial charge in [-0.1, -0.05) is 0 Å². The highest BCUT2D eigenvalue weighted by molar-refractivity contribution is 8.02. The van der Waals surface area contributed by atoms with Crippen LogP contribution < -0.4 is 16.0 Å². The Balaban J connectivity index is 1.89. The van der Waals surface area contributed by atoms with E-state index in [4.69, 9.17) is 10.5 Å². The number of nitrogens with two attached hydrogens (primary N) is 1. The molecule has 2 aromatic heterocycles. The predicted octanol–water partition coefficient (Wildman–Crippen LogP) is 2.38. The summed E-state index contributed by atoms with van der Waals surface area (Å²) >= 11 is 2.23. The first-order valence-electron chi connectivity index (χ1n) is 7.39. The van der Waals surface area contributed by atoms with Crippen LogP contribution in [0.5, 0.6) is 11.5 Å². The van der Waals surface area contributed by atoms with E-state index in [0.717, 1.165) is 29.2 Å². The number of aromatic amines is 1. The van der Waals surface area contributed by atoms with Gasteiger partial charge in [0.05, 0.1) is 32.9 Å². The van der Waals surface area contributed by atoms with Crippen LogP contribution >= 0.6 is 23.1 Å². The van der Waals surface area contributed by atoms with Gasteiger partial charge in [-0.25, -0.2) is 0 Å². The number of methoxy groups -OCH3 is 1. The summed E-state index contributed by atoms with van der Waals surface area (Å²) in [6, 6.07) is 7.72. The summed E-state index contributed by atoms with van der Waals surface area (Å²) in [5.74, 6) is -0.386. The third kappa shape index (κ3) is 3.44. The van der Waals surface area contributed by atoms with Crippen LogP contribution in [0.3, 0.4) is 0 Å². The lowest BCUT2D eigenvalue weighted by molar-refractivity contribution is 0.0995. The molecule has 3 aromatic rings. The average molecular weight is 390 g/mol. The minimum absolute atomic E-state index is 0.0738. The molecule has 0 saturated carbocycles. The van der Waals surface area contributed by atoms with Gasteiger partial charge in [0.1, 0.15) is 11.5 Å². The highest BCUT2D eigenvalue weighted by atomic mass is 32.2. The maximum atomic E-state index is 12.4. The normalized spacial score (nSPS) is 10.8. The molecular weight excluding hydrogens is 376 g/mol. The minimum atomic E-state index is -0.739. The van der Waals surface area contributed by atoms with E-state index in [1.165, 1.54) is 0 Å². The first-order chi connectivity index (χ1) is 12.4. The van der Waals surface area contributed by atoms with Gasteiger partial charge in [-0.2, -0.15) is 0 Å². The van der Waals surface area contributed by atoms with Crippen molar-refractivity contribution in [3.05, 3.63) is 51.8 Å². The minimum Gasteiger partial charge on any atom is -0.506 e. The lowest BCUT2D eigenvalue weighted by Crippen LogP contribution is -2.13. The maximum absolute atomic E-state index is 12.4. The monoisotopic (exact) mass is 390 g/mol. The lowest BCUT2D eigenvalue weighted by atomic mass is 10.1. The Hall–Kier alpha value is -2.78. The largest absolute Gasteiger partial charge is 0.506 e. The summed E-state index contributed by atoms with van der Waals surface area (Å²) in [4.78, 5) is 38.2. The molecule has 0 unspecified atom stereocenters. The number of ketones is 1. The number of ether oxygens (including phenoxy) is 1. The van der Waals surface area contributed by atoms with Crippen LogP contribution in [0, 0.1) is 0 Å². The zero-order chi connectivity index (χ0) is 18.8. The predicted molar refractivity (Wildman–Crippen MR) is 101 cm³/mol. The molecule has 0 aliphatic carbocycles. The number of hydrogen-bond acceptors (Lipinski definition) is 7. The third-order valence-electron chi connectivity index (χ3n) is 3.62. The first kappa shape index (κ1) is 18.0. The van der Waals surface area contributed by atoms with E-state index < -0.39 is 11.5 Å². The van der Waals surface area contributed by atoms with E-state index in [0.29, 0.717) is 20.2 Å². The summed E-state index contributed by atoms with van der Waals surface area (Å²) in [5, 5.41) is 9.93. The molecule has 0 spiro atoms. The number of amides is 1. The number of hydrogen-bond donors (Lipinski definition) is 3. The Bertz CT molecular complexity index is 1050. The van der Waals surface area contributed by atoms with Crippen molar-refractivity contribution in [1.82, 2.24) is 4.98 Å². The molecule has 7 nitrogen and oxygen atoms in total. The molecule has 0 aliphatic heterocycles. The fourth-order valence-corrected chi connectivity index (χ4v) is 4.72. The highest BCUT2D eigenvalue weighted by Gasteiger charge is 2.21. The summed E-state index contributed by atoms with van der Waals surface area (Å²) in [6.45, 7) is 0. The molecule has 0 aliphatic rings. The summed E-state index contributed by atoms with van der Waals surface area (Å²) in [6.07, 6.45) is 0. The van der Waals surface area contributed by atoms with E-state index in [1.807, 2.05) is 0 Å². The van der Waals surface area contributed by atoms with Gasteiger partial charge >= 0.3 is 0 Å². The number of aromatic hydroxyl groups is 1. The number of primary amides is 1. The number of nitrogens with one attached hydrogen (secondary N) is 1. The van der Waals surface area contributed by atoms with Gasteiger partial charge in [-0.05, 0) is 24.3 Å².